The van der Waals surface area contributed by atoms with E-state index in [1.807, 2.05) is 19.1 Å². The van der Waals surface area contributed by atoms with Crippen molar-refractivity contribution in [1.29, 1.82) is 0 Å². The first-order valence-corrected chi connectivity index (χ1v) is 7.67. The van der Waals surface area contributed by atoms with E-state index in [-0.39, 0.29) is 11.7 Å². The number of hydrogen-bond donors (Lipinski definition) is 1. The smallest absolute Gasteiger partial charge is 0.319 e. The molecule has 23 heavy (non-hydrogen) atoms. The van der Waals surface area contributed by atoms with Crippen LogP contribution in [0.2, 0.25) is 0 Å². The number of hydrogen-bond acceptors (Lipinski definition) is 2. The molecule has 2 aromatic heterocycles. The normalized spacial score (nSPS) is 15.7. The van der Waals surface area contributed by atoms with Gasteiger partial charge in [-0.3, -0.25) is 14.3 Å². The lowest BCUT2D eigenvalue weighted by Crippen LogP contribution is -2.32. The van der Waals surface area contributed by atoms with Gasteiger partial charge >= 0.3 is 6.55 Å². The first-order chi connectivity index (χ1) is 11.0. The maximum Gasteiger partial charge on any atom is 0.319 e. The number of carbonyl (C=O) groups excluding carboxylic acids is 1. The van der Waals surface area contributed by atoms with Crippen LogP contribution >= 0.6 is 0 Å². The summed E-state index contributed by atoms with van der Waals surface area (Å²) in [5.74, 6) is -0.164. The van der Waals surface area contributed by atoms with Crippen LogP contribution in [0, 0.1) is 19.8 Å². The third kappa shape index (κ3) is 3.25. The van der Waals surface area contributed by atoms with Crippen LogP contribution in [0.3, 0.4) is 0 Å². The summed E-state index contributed by atoms with van der Waals surface area (Å²) in [5.41, 5.74) is 2.19. The van der Waals surface area contributed by atoms with Crippen molar-refractivity contribution >= 4 is 5.91 Å². The van der Waals surface area contributed by atoms with E-state index < -0.39 is 12.5 Å². The van der Waals surface area contributed by atoms with E-state index in [4.69, 9.17) is 0 Å². The second-order valence-electron chi connectivity index (χ2n) is 6.05. The lowest BCUT2D eigenvalue weighted by Gasteiger charge is -2.19. The fourth-order valence-electron chi connectivity index (χ4n) is 2.80. The van der Waals surface area contributed by atoms with Gasteiger partial charge in [0.25, 0.3) is 5.91 Å². The van der Waals surface area contributed by atoms with Gasteiger partial charge in [0.05, 0.1) is 11.7 Å². The molecule has 1 amide bonds. The molecule has 4 nitrogen and oxygen atoms in total. The molecule has 122 valence electrons. The highest BCUT2D eigenvalue weighted by molar-refractivity contribution is 5.93. The Labute approximate surface area is 133 Å². The van der Waals surface area contributed by atoms with Gasteiger partial charge in [-0.05, 0) is 62.4 Å². The number of halogens is 2. The molecule has 0 aliphatic heterocycles. The molecule has 0 aromatic carbocycles. The summed E-state index contributed by atoms with van der Waals surface area (Å²) in [6, 6.07) is 6.55. The van der Waals surface area contributed by atoms with Crippen LogP contribution in [0.1, 0.15) is 52.9 Å². The molecule has 1 aliphatic carbocycles. The first kappa shape index (κ1) is 15.6. The molecular formula is C17H19F2N3O. The van der Waals surface area contributed by atoms with Gasteiger partial charge in [0.1, 0.15) is 5.69 Å². The highest BCUT2D eigenvalue weighted by Crippen LogP contribution is 2.40. The number of rotatable bonds is 5. The van der Waals surface area contributed by atoms with Gasteiger partial charge < -0.3 is 5.32 Å². The number of alkyl halides is 2. The van der Waals surface area contributed by atoms with Crippen LogP contribution in [-0.2, 0) is 0 Å². The molecule has 2 aromatic rings. The molecule has 6 heteroatoms. The average Bonchev–Trinajstić information content (AvgIpc) is 3.26. The average molecular weight is 319 g/mol. The summed E-state index contributed by atoms with van der Waals surface area (Å²) in [6.07, 6.45) is 3.73. The second-order valence-corrected chi connectivity index (χ2v) is 6.05. The van der Waals surface area contributed by atoms with E-state index in [9.17, 15) is 13.6 Å². The zero-order valence-corrected chi connectivity index (χ0v) is 13.1. The highest BCUT2D eigenvalue weighted by Gasteiger charge is 2.35. The molecule has 1 saturated carbocycles. The lowest BCUT2D eigenvalue weighted by molar-refractivity contribution is 0.0612. The molecule has 1 aliphatic rings. The highest BCUT2D eigenvalue weighted by atomic mass is 19.3. The van der Waals surface area contributed by atoms with Crippen LogP contribution in [0.4, 0.5) is 8.78 Å². The van der Waals surface area contributed by atoms with Crippen LogP contribution < -0.4 is 5.32 Å². The number of aryl methyl sites for hydroxylation is 2. The van der Waals surface area contributed by atoms with E-state index in [1.165, 1.54) is 12.1 Å². The molecule has 0 bridgehead atoms. The molecule has 0 saturated heterocycles. The summed E-state index contributed by atoms with van der Waals surface area (Å²) < 4.78 is 27.0. The van der Waals surface area contributed by atoms with Crippen LogP contribution in [0.5, 0.6) is 0 Å². The van der Waals surface area contributed by atoms with Crippen molar-refractivity contribution in [3.63, 3.8) is 0 Å². The Hall–Kier alpha value is -2.24. The summed E-state index contributed by atoms with van der Waals surface area (Å²) in [4.78, 5) is 16.8. The van der Waals surface area contributed by atoms with E-state index in [0.29, 0.717) is 11.6 Å². The molecular weight excluding hydrogens is 300 g/mol. The van der Waals surface area contributed by atoms with Crippen molar-refractivity contribution in [1.82, 2.24) is 14.9 Å². The van der Waals surface area contributed by atoms with Crippen molar-refractivity contribution in [2.24, 2.45) is 5.92 Å². The zero-order chi connectivity index (χ0) is 16.6. The van der Waals surface area contributed by atoms with Crippen molar-refractivity contribution in [3.05, 3.63) is 53.1 Å². The van der Waals surface area contributed by atoms with Gasteiger partial charge in [-0.1, -0.05) is 0 Å². The maximum absolute atomic E-state index is 13.1. The number of amides is 1. The number of aromatic nitrogens is 2. The third-order valence-corrected chi connectivity index (χ3v) is 4.18. The van der Waals surface area contributed by atoms with Gasteiger partial charge in [-0.25, -0.2) is 0 Å². The molecule has 1 N–H and O–H groups in total. The van der Waals surface area contributed by atoms with Crippen molar-refractivity contribution in [3.8, 4) is 0 Å². The number of nitrogens with zero attached hydrogens (tertiary/aromatic N) is 2. The molecule has 3 rings (SSSR count). The molecule has 0 radical (unpaired) electrons. The molecule has 1 unspecified atom stereocenters. The van der Waals surface area contributed by atoms with E-state index in [1.54, 1.807) is 13.1 Å². The lowest BCUT2D eigenvalue weighted by atomic mass is 10.1. The standard InChI is InChI=1S/C17H19F2N3O/c1-10-7-8-20-13(9-10)15(12-4-5-12)21-16(23)14-6-3-11(2)22(14)17(18)19/h3,6-9,12,15,17H,4-5H2,1-2H3,(H,21,23). The summed E-state index contributed by atoms with van der Waals surface area (Å²) >= 11 is 0. The predicted octanol–water partition coefficient (Wildman–Crippen LogP) is 3.78. The molecule has 1 fully saturated rings. The van der Waals surface area contributed by atoms with Crippen molar-refractivity contribution in [2.45, 2.75) is 39.3 Å². The summed E-state index contributed by atoms with van der Waals surface area (Å²) in [7, 11) is 0. The molecule has 0 spiro atoms. The van der Waals surface area contributed by atoms with E-state index in [0.717, 1.165) is 28.7 Å². The van der Waals surface area contributed by atoms with Crippen LogP contribution in [0.25, 0.3) is 0 Å². The Morgan fingerprint density at radius 2 is 2.04 bits per heavy atom. The van der Waals surface area contributed by atoms with Gasteiger partial charge in [0.2, 0.25) is 0 Å². The topological polar surface area (TPSA) is 46.9 Å². The van der Waals surface area contributed by atoms with Gasteiger partial charge in [0, 0.05) is 11.9 Å². The number of carbonyl (C=O) groups is 1. The van der Waals surface area contributed by atoms with Crippen molar-refractivity contribution < 1.29 is 13.6 Å². The minimum absolute atomic E-state index is 0.0178. The fraction of sp³-hybridized carbons (Fsp3) is 0.412. The van der Waals surface area contributed by atoms with Crippen LogP contribution in [0.15, 0.2) is 30.5 Å². The Morgan fingerprint density at radius 1 is 1.30 bits per heavy atom. The minimum atomic E-state index is -2.73. The number of nitrogens with one attached hydrogen (secondary N) is 1. The maximum atomic E-state index is 13.1. The predicted molar refractivity (Wildman–Crippen MR) is 82.3 cm³/mol. The third-order valence-electron chi connectivity index (χ3n) is 4.18. The summed E-state index contributed by atoms with van der Waals surface area (Å²) in [5, 5.41) is 2.89. The first-order valence-electron chi connectivity index (χ1n) is 7.67. The Bertz CT molecular complexity index is 722. The quantitative estimate of drug-likeness (QED) is 0.912. The van der Waals surface area contributed by atoms with Gasteiger partial charge in [-0.2, -0.15) is 8.78 Å². The van der Waals surface area contributed by atoms with Gasteiger partial charge in [-0.15, -0.1) is 0 Å². The van der Waals surface area contributed by atoms with E-state index >= 15 is 0 Å². The van der Waals surface area contributed by atoms with Crippen LogP contribution in [-0.4, -0.2) is 15.5 Å². The van der Waals surface area contributed by atoms with Crippen molar-refractivity contribution in [2.75, 3.05) is 0 Å². The molecule has 2 heterocycles. The molecule has 1 atom stereocenters. The summed E-state index contributed by atoms with van der Waals surface area (Å²) in [6.45, 7) is 0.785. The minimum Gasteiger partial charge on any atom is -0.342 e. The Kier molecular flexibility index (Phi) is 4.15. The fourth-order valence-corrected chi connectivity index (χ4v) is 2.80. The SMILES string of the molecule is Cc1ccnc(C(NC(=O)c2ccc(C)n2C(F)F)C2CC2)c1. The van der Waals surface area contributed by atoms with Gasteiger partial charge in [0.15, 0.2) is 0 Å². The zero-order valence-electron chi connectivity index (χ0n) is 13.1. The largest absolute Gasteiger partial charge is 0.342 e. The Morgan fingerprint density at radius 3 is 2.65 bits per heavy atom. The Balaban J connectivity index is 1.85. The van der Waals surface area contributed by atoms with E-state index in [2.05, 4.69) is 10.3 Å². The monoisotopic (exact) mass is 319 g/mol. The second kappa shape index (κ2) is 6.10. The number of pyridine rings is 1.